The predicted molar refractivity (Wildman–Crippen MR) is 155 cm³/mol. The maximum absolute atomic E-state index is 13.3. The normalized spacial score (nSPS) is 26.0. The van der Waals surface area contributed by atoms with Gasteiger partial charge in [-0.15, -0.1) is 5.10 Å². The number of carbonyl (C=O) groups excluding carboxylic acids is 1. The number of nitrogens with one attached hydrogen (secondary N) is 1. The van der Waals surface area contributed by atoms with E-state index in [1.165, 1.54) is 37.1 Å². The van der Waals surface area contributed by atoms with E-state index in [1.807, 2.05) is 5.01 Å². The van der Waals surface area contributed by atoms with E-state index in [1.54, 1.807) is 11.8 Å². The van der Waals surface area contributed by atoms with Crippen molar-refractivity contribution in [3.8, 4) is 0 Å². The summed E-state index contributed by atoms with van der Waals surface area (Å²) in [5, 5.41) is 11.7. The first-order chi connectivity index (χ1) is 18.4. The van der Waals surface area contributed by atoms with Crippen LogP contribution in [0.1, 0.15) is 56.6 Å². The standard InChI is InChI=1S/C29H43N7OS/c1-21(2)22-4-6-23(7-5-22)26-20-36-28(30-26)38-29(31-36)35-14-8-24(9-15-35)27(37)34-18-16-33(17-19-34)25-10-12-32(3)13-11-25/h4-7,20-21,24-25,28,30H,8-19H2,1-3H3. The van der Waals surface area contributed by atoms with Gasteiger partial charge in [-0.05, 0) is 74.6 Å². The van der Waals surface area contributed by atoms with Gasteiger partial charge in [0.2, 0.25) is 5.91 Å². The third kappa shape index (κ3) is 5.42. The molecule has 0 radical (unpaired) electrons. The van der Waals surface area contributed by atoms with Gasteiger partial charge in [0.05, 0.1) is 11.9 Å². The fraction of sp³-hybridized carbons (Fsp3) is 0.655. The highest BCUT2D eigenvalue weighted by molar-refractivity contribution is 8.14. The highest BCUT2D eigenvalue weighted by Crippen LogP contribution is 2.35. The van der Waals surface area contributed by atoms with E-state index in [0.717, 1.165) is 63.0 Å². The molecule has 1 N–H and O–H groups in total. The Bertz CT molecular complexity index is 1050. The van der Waals surface area contributed by atoms with E-state index in [2.05, 4.69) is 76.3 Å². The van der Waals surface area contributed by atoms with E-state index in [0.29, 0.717) is 17.9 Å². The lowest BCUT2D eigenvalue weighted by Gasteiger charge is -2.43. The summed E-state index contributed by atoms with van der Waals surface area (Å²) in [6.45, 7) is 12.5. The molecule has 1 amide bonds. The molecule has 6 rings (SSSR count). The molecule has 3 fully saturated rings. The second kappa shape index (κ2) is 11.1. The Morgan fingerprint density at radius 2 is 1.63 bits per heavy atom. The molecule has 0 bridgehead atoms. The Morgan fingerprint density at radius 3 is 2.26 bits per heavy atom. The lowest BCUT2D eigenvalue weighted by atomic mass is 9.95. The number of amides is 1. The van der Waals surface area contributed by atoms with Crippen molar-refractivity contribution in [1.82, 2.24) is 29.9 Å². The van der Waals surface area contributed by atoms with Gasteiger partial charge in [-0.2, -0.15) is 0 Å². The summed E-state index contributed by atoms with van der Waals surface area (Å²) in [4.78, 5) is 22.9. The van der Waals surface area contributed by atoms with E-state index in [9.17, 15) is 4.79 Å². The molecule has 5 aliphatic heterocycles. The fourth-order valence-electron chi connectivity index (χ4n) is 6.41. The second-order valence-corrected chi connectivity index (χ2v) is 12.9. The van der Waals surface area contributed by atoms with E-state index >= 15 is 0 Å². The van der Waals surface area contributed by atoms with Crippen LogP contribution >= 0.6 is 11.8 Å². The van der Waals surface area contributed by atoms with Crippen molar-refractivity contribution in [3.05, 3.63) is 41.6 Å². The number of benzene rings is 1. The number of amidine groups is 1. The van der Waals surface area contributed by atoms with Gasteiger partial charge in [-0.1, -0.05) is 38.1 Å². The topological polar surface area (TPSA) is 57.7 Å². The molecule has 0 saturated carbocycles. The molecule has 38 heavy (non-hydrogen) atoms. The SMILES string of the molecule is CC(C)c1ccc(C2=CN3N=C(N4CCC(C(=O)N5CCN(C6CCN(C)CC6)CC5)CC4)SC3N2)cc1. The van der Waals surface area contributed by atoms with Crippen LogP contribution in [0.25, 0.3) is 5.70 Å². The van der Waals surface area contributed by atoms with E-state index < -0.39 is 0 Å². The first kappa shape index (κ1) is 26.0. The van der Waals surface area contributed by atoms with Crippen LogP contribution in [0.2, 0.25) is 0 Å². The summed E-state index contributed by atoms with van der Waals surface area (Å²) in [6, 6.07) is 9.53. The van der Waals surface area contributed by atoms with E-state index in [4.69, 9.17) is 5.10 Å². The molecule has 5 heterocycles. The number of piperidine rings is 2. The third-order valence-corrected chi connectivity index (χ3v) is 10.1. The highest BCUT2D eigenvalue weighted by Gasteiger charge is 2.37. The van der Waals surface area contributed by atoms with Crippen molar-refractivity contribution >= 4 is 28.5 Å². The van der Waals surface area contributed by atoms with Gasteiger partial charge in [-0.25, -0.2) is 5.01 Å². The molecule has 8 nitrogen and oxygen atoms in total. The second-order valence-electron chi connectivity index (χ2n) is 11.9. The fourth-order valence-corrected chi connectivity index (χ4v) is 7.48. The molecule has 1 atom stereocenters. The van der Waals surface area contributed by atoms with Gasteiger partial charge >= 0.3 is 0 Å². The van der Waals surface area contributed by atoms with Gasteiger partial charge in [0, 0.05) is 51.2 Å². The van der Waals surface area contributed by atoms with Crippen LogP contribution in [0.15, 0.2) is 35.6 Å². The number of carbonyl (C=O) groups is 1. The zero-order valence-electron chi connectivity index (χ0n) is 23.2. The van der Waals surface area contributed by atoms with Crippen LogP contribution in [-0.4, -0.2) is 107 Å². The largest absolute Gasteiger partial charge is 0.353 e. The number of thioether (sulfide) groups is 1. The molecule has 206 valence electrons. The van der Waals surface area contributed by atoms with Crippen LogP contribution in [-0.2, 0) is 4.79 Å². The number of hydrazone groups is 1. The Hall–Kier alpha value is -2.23. The molecule has 5 aliphatic rings. The van der Waals surface area contributed by atoms with Crippen molar-refractivity contribution in [1.29, 1.82) is 0 Å². The number of fused-ring (bicyclic) bond motifs is 1. The lowest BCUT2D eigenvalue weighted by Crippen LogP contribution is -2.55. The number of hydrogen-bond donors (Lipinski definition) is 1. The third-order valence-electron chi connectivity index (χ3n) is 9.03. The van der Waals surface area contributed by atoms with Crippen molar-refractivity contribution in [3.63, 3.8) is 0 Å². The van der Waals surface area contributed by atoms with E-state index in [-0.39, 0.29) is 11.4 Å². The number of piperazine rings is 1. The van der Waals surface area contributed by atoms with Crippen LogP contribution in [0.3, 0.4) is 0 Å². The number of hydrogen-bond acceptors (Lipinski definition) is 8. The maximum atomic E-state index is 13.3. The van der Waals surface area contributed by atoms with Crippen molar-refractivity contribution < 1.29 is 4.79 Å². The summed E-state index contributed by atoms with van der Waals surface area (Å²) in [5.74, 6) is 1.08. The maximum Gasteiger partial charge on any atom is 0.225 e. The summed E-state index contributed by atoms with van der Waals surface area (Å²) in [5.41, 5.74) is 3.80. The molecule has 9 heteroatoms. The molecule has 0 spiro atoms. The minimum atomic E-state index is 0.116. The first-order valence-corrected chi connectivity index (χ1v) is 15.4. The first-order valence-electron chi connectivity index (χ1n) is 14.5. The minimum absolute atomic E-state index is 0.116. The van der Waals surface area contributed by atoms with Gasteiger partial charge in [-0.3, -0.25) is 9.69 Å². The van der Waals surface area contributed by atoms with Gasteiger partial charge < -0.3 is 20.0 Å². The van der Waals surface area contributed by atoms with Crippen LogP contribution in [0, 0.1) is 5.92 Å². The van der Waals surface area contributed by atoms with Gasteiger partial charge in [0.25, 0.3) is 0 Å². The average Bonchev–Trinajstić information content (AvgIpc) is 3.53. The number of likely N-dealkylation sites (tertiary alicyclic amines) is 2. The molecular formula is C29H43N7OS. The zero-order chi connectivity index (χ0) is 26.2. The Labute approximate surface area is 232 Å². The monoisotopic (exact) mass is 537 g/mol. The van der Waals surface area contributed by atoms with Crippen LogP contribution in [0.5, 0.6) is 0 Å². The summed E-state index contributed by atoms with van der Waals surface area (Å²) < 4.78 is 0. The Balaban J connectivity index is 0.973. The van der Waals surface area contributed by atoms with Crippen LogP contribution in [0.4, 0.5) is 0 Å². The minimum Gasteiger partial charge on any atom is -0.353 e. The molecule has 1 aromatic rings. The Morgan fingerprint density at radius 1 is 0.947 bits per heavy atom. The summed E-state index contributed by atoms with van der Waals surface area (Å²) >= 11 is 1.78. The summed E-state index contributed by atoms with van der Waals surface area (Å²) in [6.07, 6.45) is 6.50. The summed E-state index contributed by atoms with van der Waals surface area (Å²) in [7, 11) is 2.22. The van der Waals surface area contributed by atoms with Gasteiger partial charge in [0.1, 0.15) is 0 Å². The molecule has 0 aliphatic carbocycles. The quantitative estimate of drug-likeness (QED) is 0.633. The molecule has 1 unspecified atom stereocenters. The smallest absolute Gasteiger partial charge is 0.225 e. The van der Waals surface area contributed by atoms with Crippen molar-refractivity contribution in [2.75, 3.05) is 59.4 Å². The highest BCUT2D eigenvalue weighted by atomic mass is 32.2. The van der Waals surface area contributed by atoms with Gasteiger partial charge in [0.15, 0.2) is 10.7 Å². The predicted octanol–water partition coefficient (Wildman–Crippen LogP) is 3.27. The molecule has 1 aromatic carbocycles. The number of rotatable bonds is 4. The molecule has 3 saturated heterocycles. The van der Waals surface area contributed by atoms with Crippen molar-refractivity contribution in [2.24, 2.45) is 11.0 Å². The zero-order valence-corrected chi connectivity index (χ0v) is 24.0. The molecule has 0 aromatic heterocycles. The average molecular weight is 538 g/mol. The van der Waals surface area contributed by atoms with Crippen LogP contribution < -0.4 is 5.32 Å². The molecular weight excluding hydrogens is 494 g/mol. The Kier molecular flexibility index (Phi) is 7.60. The lowest BCUT2D eigenvalue weighted by molar-refractivity contribution is -0.139. The van der Waals surface area contributed by atoms with Crippen molar-refractivity contribution in [2.45, 2.75) is 57.0 Å². The number of nitrogens with zero attached hydrogens (tertiary/aromatic N) is 6.